The van der Waals surface area contributed by atoms with Crippen molar-refractivity contribution in [2.75, 3.05) is 25.5 Å². The highest BCUT2D eigenvalue weighted by molar-refractivity contribution is 8.25. The zero-order valence-corrected chi connectivity index (χ0v) is 20.4. The van der Waals surface area contributed by atoms with Gasteiger partial charge in [0.2, 0.25) is 5.91 Å². The molecule has 2 fully saturated rings. The second kappa shape index (κ2) is 7.53. The minimum Gasteiger partial charge on any atom is -0.467 e. The van der Waals surface area contributed by atoms with Crippen LogP contribution in [0.3, 0.4) is 0 Å². The summed E-state index contributed by atoms with van der Waals surface area (Å²) in [5, 5.41) is 0. The predicted octanol–water partition coefficient (Wildman–Crippen LogP) is 3.98. The molecule has 3 aromatic rings. The van der Waals surface area contributed by atoms with Crippen molar-refractivity contribution in [1.82, 2.24) is 9.80 Å². The number of anilines is 1. The van der Waals surface area contributed by atoms with Crippen LogP contribution >= 0.6 is 24.0 Å². The van der Waals surface area contributed by atoms with Crippen molar-refractivity contribution in [3.8, 4) is 0 Å². The molecule has 4 heterocycles. The molecule has 0 radical (unpaired) electrons. The summed E-state index contributed by atoms with van der Waals surface area (Å²) in [6.07, 6.45) is 1.59. The van der Waals surface area contributed by atoms with Crippen molar-refractivity contribution >= 4 is 45.8 Å². The molecule has 3 atom stereocenters. The maximum absolute atomic E-state index is 14.6. The van der Waals surface area contributed by atoms with Gasteiger partial charge in [0.1, 0.15) is 14.8 Å². The largest absolute Gasteiger partial charge is 0.467 e. The van der Waals surface area contributed by atoms with Crippen LogP contribution in [-0.4, -0.2) is 51.3 Å². The number of amides is 2. The van der Waals surface area contributed by atoms with Gasteiger partial charge < -0.3 is 9.32 Å². The van der Waals surface area contributed by atoms with E-state index in [2.05, 4.69) is 4.90 Å². The molecule has 2 saturated heterocycles. The number of para-hydroxylation sites is 1. The van der Waals surface area contributed by atoms with E-state index >= 15 is 0 Å². The first kappa shape index (κ1) is 21.6. The molecule has 8 heteroatoms. The molecule has 0 N–H and O–H groups in total. The van der Waals surface area contributed by atoms with Gasteiger partial charge in [-0.3, -0.25) is 19.4 Å². The minimum absolute atomic E-state index is 0.0990. The smallest absolute Gasteiger partial charge is 0.254 e. The molecule has 0 aliphatic carbocycles. The van der Waals surface area contributed by atoms with Crippen LogP contribution in [0.4, 0.5) is 5.69 Å². The highest BCUT2D eigenvalue weighted by Gasteiger charge is 2.78. The number of hydrogen-bond acceptors (Lipinski definition) is 6. The van der Waals surface area contributed by atoms with Crippen molar-refractivity contribution in [1.29, 1.82) is 0 Å². The second-order valence-corrected chi connectivity index (χ2v) is 10.9. The molecule has 1 aromatic heterocycles. The number of furan rings is 1. The molecule has 0 bridgehead atoms. The standard InChI is InChI=1S/C26H23N3O3S2/c1-27-16-20(17-9-4-3-5-10-17)26(23(31)29(24(33)34-26)15-18-11-8-14-32-18)25(27)19-12-6-7-13-21(19)28(2)22(25)30/h3-14,20H,15-16H2,1-2H3. The van der Waals surface area contributed by atoms with Gasteiger partial charge in [-0.15, -0.1) is 0 Å². The van der Waals surface area contributed by atoms with Gasteiger partial charge in [0.05, 0.1) is 12.8 Å². The van der Waals surface area contributed by atoms with Gasteiger partial charge in [-0.05, 0) is 30.8 Å². The lowest BCUT2D eigenvalue weighted by Crippen LogP contribution is -2.62. The van der Waals surface area contributed by atoms with E-state index in [0.29, 0.717) is 16.6 Å². The number of fused-ring (bicyclic) bond motifs is 3. The molecule has 34 heavy (non-hydrogen) atoms. The first-order valence-corrected chi connectivity index (χ1v) is 12.4. The molecule has 3 unspecified atom stereocenters. The van der Waals surface area contributed by atoms with Crippen molar-refractivity contribution < 1.29 is 14.0 Å². The van der Waals surface area contributed by atoms with Crippen LogP contribution in [0.25, 0.3) is 0 Å². The Bertz CT molecular complexity index is 1310. The van der Waals surface area contributed by atoms with Crippen LogP contribution in [0.1, 0.15) is 22.8 Å². The van der Waals surface area contributed by atoms with Crippen LogP contribution in [0.15, 0.2) is 77.4 Å². The van der Waals surface area contributed by atoms with E-state index in [1.165, 1.54) is 11.8 Å². The molecule has 172 valence electrons. The Labute approximate surface area is 207 Å². The molecular formula is C26H23N3O3S2. The number of benzene rings is 2. The Balaban J connectivity index is 1.61. The molecule has 6 rings (SSSR count). The quantitative estimate of drug-likeness (QED) is 0.519. The molecule has 3 aliphatic rings. The fourth-order valence-electron chi connectivity index (χ4n) is 6.03. The first-order chi connectivity index (χ1) is 16.4. The Morgan fingerprint density at radius 2 is 1.74 bits per heavy atom. The van der Waals surface area contributed by atoms with E-state index < -0.39 is 10.3 Å². The third-order valence-corrected chi connectivity index (χ3v) is 9.40. The zero-order chi connectivity index (χ0) is 23.7. The molecule has 2 aromatic carbocycles. The number of nitrogens with zero attached hydrogens (tertiary/aromatic N) is 3. The normalized spacial score (nSPS) is 28.6. The molecular weight excluding hydrogens is 466 g/mol. The Morgan fingerprint density at radius 3 is 2.47 bits per heavy atom. The van der Waals surface area contributed by atoms with Gasteiger partial charge in [0.25, 0.3) is 5.91 Å². The third kappa shape index (κ3) is 2.53. The second-order valence-electron chi connectivity index (χ2n) is 9.01. The van der Waals surface area contributed by atoms with E-state index in [1.807, 2.05) is 67.7 Å². The van der Waals surface area contributed by atoms with Gasteiger partial charge in [0.15, 0.2) is 5.54 Å². The summed E-state index contributed by atoms with van der Waals surface area (Å²) in [7, 11) is 3.74. The fourth-order valence-corrected chi connectivity index (χ4v) is 8.16. The summed E-state index contributed by atoms with van der Waals surface area (Å²) in [4.78, 5) is 34.2. The van der Waals surface area contributed by atoms with Crippen LogP contribution in [0.5, 0.6) is 0 Å². The van der Waals surface area contributed by atoms with Crippen molar-refractivity contribution in [3.05, 3.63) is 89.9 Å². The van der Waals surface area contributed by atoms with Gasteiger partial charge in [-0.1, -0.05) is 72.5 Å². The lowest BCUT2D eigenvalue weighted by atomic mass is 9.72. The van der Waals surface area contributed by atoms with Crippen LogP contribution < -0.4 is 4.90 Å². The van der Waals surface area contributed by atoms with E-state index in [1.54, 1.807) is 29.2 Å². The number of rotatable bonds is 3. The number of likely N-dealkylation sites (N-methyl/N-ethyl adjacent to an activating group) is 2. The van der Waals surface area contributed by atoms with E-state index in [9.17, 15) is 9.59 Å². The molecule has 2 amide bonds. The first-order valence-electron chi connectivity index (χ1n) is 11.1. The van der Waals surface area contributed by atoms with E-state index in [4.69, 9.17) is 16.6 Å². The van der Waals surface area contributed by atoms with E-state index in [0.717, 1.165) is 16.8 Å². The number of carbonyl (C=O) groups excluding carboxylic acids is 2. The monoisotopic (exact) mass is 489 g/mol. The van der Waals surface area contributed by atoms with Crippen molar-refractivity contribution in [2.45, 2.75) is 22.7 Å². The van der Waals surface area contributed by atoms with Crippen molar-refractivity contribution in [3.63, 3.8) is 0 Å². The summed E-state index contributed by atoms with van der Waals surface area (Å²) in [5.41, 5.74) is 1.53. The number of thioether (sulfide) groups is 1. The Hall–Kier alpha value is -2.94. The number of likely N-dealkylation sites (tertiary alicyclic amines) is 1. The van der Waals surface area contributed by atoms with Crippen LogP contribution in [0.2, 0.25) is 0 Å². The number of hydrogen-bond donors (Lipinski definition) is 0. The summed E-state index contributed by atoms with van der Waals surface area (Å²) in [6.45, 7) is 0.792. The van der Waals surface area contributed by atoms with Gasteiger partial charge in [-0.25, -0.2) is 0 Å². The summed E-state index contributed by atoms with van der Waals surface area (Å²) < 4.78 is 4.86. The molecule has 6 nitrogen and oxygen atoms in total. The number of carbonyl (C=O) groups is 2. The van der Waals surface area contributed by atoms with Gasteiger partial charge in [0, 0.05) is 30.8 Å². The average molecular weight is 490 g/mol. The summed E-state index contributed by atoms with van der Waals surface area (Å²) >= 11 is 7.17. The molecule has 0 saturated carbocycles. The van der Waals surface area contributed by atoms with Crippen LogP contribution in [0, 0.1) is 0 Å². The molecule has 2 spiro atoms. The highest BCUT2D eigenvalue weighted by Crippen LogP contribution is 2.66. The summed E-state index contributed by atoms with van der Waals surface area (Å²) in [5.74, 6) is 0.174. The lowest BCUT2D eigenvalue weighted by molar-refractivity contribution is -0.139. The van der Waals surface area contributed by atoms with E-state index in [-0.39, 0.29) is 24.3 Å². The fraction of sp³-hybridized carbons (Fsp3) is 0.269. The number of thiocarbonyl (C=S) groups is 1. The highest BCUT2D eigenvalue weighted by atomic mass is 32.2. The maximum atomic E-state index is 14.6. The van der Waals surface area contributed by atoms with Crippen LogP contribution in [-0.2, 0) is 21.7 Å². The molecule has 3 aliphatic heterocycles. The zero-order valence-electron chi connectivity index (χ0n) is 18.8. The Morgan fingerprint density at radius 1 is 1.00 bits per heavy atom. The topological polar surface area (TPSA) is 57.0 Å². The predicted molar refractivity (Wildman–Crippen MR) is 136 cm³/mol. The van der Waals surface area contributed by atoms with Gasteiger partial charge >= 0.3 is 0 Å². The maximum Gasteiger partial charge on any atom is 0.254 e. The SMILES string of the molecule is CN1C(=O)C2(c3ccccc31)N(C)CC(c1ccccc1)C21SC(=S)N(Cc2ccco2)C1=O. The Kier molecular flexibility index (Phi) is 4.78. The minimum atomic E-state index is -1.18. The van der Waals surface area contributed by atoms with Gasteiger partial charge in [-0.2, -0.15) is 0 Å². The average Bonchev–Trinajstić information content (AvgIpc) is 3.57. The summed E-state index contributed by atoms with van der Waals surface area (Å²) in [6, 6.07) is 21.4. The third-order valence-electron chi connectivity index (χ3n) is 7.45. The lowest BCUT2D eigenvalue weighted by Gasteiger charge is -2.42. The van der Waals surface area contributed by atoms with Crippen molar-refractivity contribution in [2.24, 2.45) is 0 Å².